The molecular weight excluding hydrogens is 210 g/mol. The van der Waals surface area contributed by atoms with Crippen LogP contribution in [0.4, 0.5) is 0 Å². The predicted octanol–water partition coefficient (Wildman–Crippen LogP) is 0.967. The Balaban J connectivity index is 4.67. The average Bonchev–Trinajstić information content (AvgIpc) is 1.99. The number of aliphatic carboxylic acids is 1. The quantitative estimate of drug-likeness (QED) is 0.682. The number of carbonyl (C=O) groups is 2. The predicted molar refractivity (Wildman–Crippen MR) is 56.4 cm³/mol. The zero-order valence-corrected chi connectivity index (χ0v) is 9.73. The van der Waals surface area contributed by atoms with Gasteiger partial charge >= 0.3 is 5.97 Å². The first-order valence-corrected chi connectivity index (χ1v) is 5.00. The minimum Gasteiger partial charge on any atom is -0.481 e. The highest BCUT2D eigenvalue weighted by molar-refractivity contribution is 5.99. The maximum absolute atomic E-state index is 11.7. The Bertz CT molecular complexity index is 311. The average molecular weight is 227 g/mol. The Labute approximate surface area is 94.7 Å². The number of aliphatic hydroxyl groups excluding tert-OH is 1. The smallest absolute Gasteiger partial charge is 0.314 e. The first-order chi connectivity index (χ1) is 7.20. The van der Waals surface area contributed by atoms with E-state index >= 15 is 0 Å². The molecule has 0 aromatic carbocycles. The molecule has 0 saturated carbocycles. The van der Waals surface area contributed by atoms with Crippen LogP contribution in [0.25, 0.3) is 0 Å². The zero-order chi connectivity index (χ0) is 12.9. The van der Waals surface area contributed by atoms with Crippen molar-refractivity contribution in [3.05, 3.63) is 0 Å². The summed E-state index contributed by atoms with van der Waals surface area (Å²) in [6, 6.07) is 1.73. The number of carboxylic acid groups (broad SMARTS) is 1. The van der Waals surface area contributed by atoms with E-state index in [9.17, 15) is 14.7 Å². The molecule has 0 rings (SSSR count). The van der Waals surface area contributed by atoms with Crippen molar-refractivity contribution < 1.29 is 19.8 Å². The summed E-state index contributed by atoms with van der Waals surface area (Å²) in [5.41, 5.74) is -0.699. The summed E-state index contributed by atoms with van der Waals surface area (Å²) in [4.78, 5) is 22.6. The van der Waals surface area contributed by atoms with Gasteiger partial charge in [-0.15, -0.1) is 0 Å². The fourth-order valence-electron chi connectivity index (χ4n) is 1.52. The van der Waals surface area contributed by atoms with Crippen molar-refractivity contribution in [3.8, 4) is 6.07 Å². The third-order valence-corrected chi connectivity index (χ3v) is 2.20. The first-order valence-electron chi connectivity index (χ1n) is 5.00. The zero-order valence-electron chi connectivity index (χ0n) is 9.73. The molecule has 0 bridgehead atoms. The van der Waals surface area contributed by atoms with Crippen molar-refractivity contribution in [2.24, 2.45) is 11.3 Å². The number of ketones is 1. The van der Waals surface area contributed by atoms with Crippen LogP contribution in [-0.2, 0) is 9.59 Å². The van der Waals surface area contributed by atoms with Gasteiger partial charge in [0.15, 0.2) is 0 Å². The Morgan fingerprint density at radius 2 is 1.88 bits per heavy atom. The van der Waals surface area contributed by atoms with Crippen molar-refractivity contribution in [2.45, 2.75) is 39.7 Å². The van der Waals surface area contributed by atoms with Crippen LogP contribution in [-0.4, -0.2) is 28.1 Å². The van der Waals surface area contributed by atoms with Crippen molar-refractivity contribution in [2.75, 3.05) is 0 Å². The highest BCUT2D eigenvalue weighted by Gasteiger charge is 2.37. The van der Waals surface area contributed by atoms with Crippen LogP contribution in [0.1, 0.15) is 33.6 Å². The molecule has 2 N–H and O–H groups in total. The van der Waals surface area contributed by atoms with Crippen LogP contribution in [0.15, 0.2) is 0 Å². The molecular formula is C11H17NO4. The van der Waals surface area contributed by atoms with Gasteiger partial charge in [0.1, 0.15) is 11.7 Å². The second kappa shape index (κ2) is 5.61. The largest absolute Gasteiger partial charge is 0.481 e. The molecule has 0 aromatic heterocycles. The summed E-state index contributed by atoms with van der Waals surface area (Å²) in [5, 5.41) is 26.6. The van der Waals surface area contributed by atoms with Crippen LogP contribution in [0, 0.1) is 22.7 Å². The van der Waals surface area contributed by atoms with E-state index in [0.717, 1.165) is 0 Å². The number of hydrogen-bond donors (Lipinski definition) is 2. The molecule has 0 radical (unpaired) electrons. The number of Topliss-reactive ketones (excluding diaryl/α,β-unsaturated/α-hetero) is 1. The van der Waals surface area contributed by atoms with Gasteiger partial charge in [0.05, 0.1) is 18.6 Å². The monoisotopic (exact) mass is 227 g/mol. The van der Waals surface area contributed by atoms with Crippen LogP contribution in [0.3, 0.4) is 0 Å². The molecule has 0 saturated heterocycles. The van der Waals surface area contributed by atoms with E-state index in [1.165, 1.54) is 0 Å². The molecule has 0 amide bonds. The van der Waals surface area contributed by atoms with Crippen LogP contribution < -0.4 is 0 Å². The normalized spacial score (nSPS) is 14.9. The third kappa shape index (κ3) is 4.41. The number of carbonyl (C=O) groups excluding carboxylic acids is 1. The van der Waals surface area contributed by atoms with Crippen LogP contribution >= 0.6 is 0 Å². The van der Waals surface area contributed by atoms with Gasteiger partial charge in [-0.25, -0.2) is 0 Å². The number of carboxylic acids is 1. The van der Waals surface area contributed by atoms with Gasteiger partial charge in [-0.05, 0) is 5.41 Å². The molecule has 0 fully saturated rings. The lowest BCUT2D eigenvalue weighted by atomic mass is 9.77. The highest BCUT2D eigenvalue weighted by Crippen LogP contribution is 2.28. The van der Waals surface area contributed by atoms with Gasteiger partial charge in [-0.3, -0.25) is 9.59 Å². The summed E-state index contributed by atoms with van der Waals surface area (Å²) in [6.45, 7) is 4.96. The number of aliphatic hydroxyl groups is 1. The van der Waals surface area contributed by atoms with Crippen molar-refractivity contribution >= 4 is 11.8 Å². The number of nitrogens with zero attached hydrogens (tertiary/aromatic N) is 1. The molecule has 0 aliphatic carbocycles. The van der Waals surface area contributed by atoms with E-state index in [4.69, 9.17) is 10.4 Å². The number of rotatable bonds is 5. The topological polar surface area (TPSA) is 98.4 Å². The van der Waals surface area contributed by atoms with Gasteiger partial charge < -0.3 is 10.2 Å². The number of hydrogen-bond acceptors (Lipinski definition) is 4. The SMILES string of the molecule is CC(C)(C)C(C(=O)O)C(=O)CC(O)CC#N. The highest BCUT2D eigenvalue weighted by atomic mass is 16.4. The van der Waals surface area contributed by atoms with Crippen molar-refractivity contribution in [1.82, 2.24) is 0 Å². The van der Waals surface area contributed by atoms with E-state index < -0.39 is 29.2 Å². The molecule has 2 unspecified atom stereocenters. The van der Waals surface area contributed by atoms with Gasteiger partial charge in [-0.2, -0.15) is 5.26 Å². The molecule has 5 nitrogen and oxygen atoms in total. The summed E-state index contributed by atoms with van der Waals surface area (Å²) < 4.78 is 0. The van der Waals surface area contributed by atoms with Crippen LogP contribution in [0.5, 0.6) is 0 Å². The van der Waals surface area contributed by atoms with Gasteiger partial charge in [0.25, 0.3) is 0 Å². The lowest BCUT2D eigenvalue weighted by Crippen LogP contribution is -2.37. The molecule has 0 aliphatic heterocycles. The third-order valence-electron chi connectivity index (χ3n) is 2.20. The molecule has 90 valence electrons. The lowest BCUT2D eigenvalue weighted by Gasteiger charge is -2.26. The summed E-state index contributed by atoms with van der Waals surface area (Å²) in [6.07, 6.45) is -1.54. The van der Waals surface area contributed by atoms with E-state index in [-0.39, 0.29) is 12.8 Å². The second-order valence-electron chi connectivity index (χ2n) is 4.82. The lowest BCUT2D eigenvalue weighted by molar-refractivity contribution is -0.151. The fraction of sp³-hybridized carbons (Fsp3) is 0.727. The Hall–Kier alpha value is -1.41. The Morgan fingerprint density at radius 1 is 1.38 bits per heavy atom. The number of nitriles is 1. The Morgan fingerprint density at radius 3 is 2.19 bits per heavy atom. The Kier molecular flexibility index (Phi) is 5.12. The summed E-state index contributed by atoms with van der Waals surface area (Å²) in [5.74, 6) is -2.88. The molecule has 0 heterocycles. The van der Waals surface area contributed by atoms with E-state index in [1.807, 2.05) is 0 Å². The standard InChI is InChI=1S/C11H17NO4/c1-11(2,3)9(10(15)16)8(14)6-7(13)4-5-12/h7,9,13H,4,6H2,1-3H3,(H,15,16). The molecule has 16 heavy (non-hydrogen) atoms. The second-order valence-corrected chi connectivity index (χ2v) is 4.82. The first kappa shape index (κ1) is 14.6. The van der Waals surface area contributed by atoms with E-state index in [0.29, 0.717) is 0 Å². The minimum atomic E-state index is -1.19. The molecule has 5 heteroatoms. The van der Waals surface area contributed by atoms with Crippen molar-refractivity contribution in [1.29, 1.82) is 5.26 Å². The molecule has 0 aliphatic rings. The van der Waals surface area contributed by atoms with Gasteiger partial charge in [0, 0.05) is 6.42 Å². The van der Waals surface area contributed by atoms with Gasteiger partial charge in [-0.1, -0.05) is 20.8 Å². The van der Waals surface area contributed by atoms with Gasteiger partial charge in [0.2, 0.25) is 0 Å². The van der Waals surface area contributed by atoms with E-state index in [1.54, 1.807) is 26.8 Å². The summed E-state index contributed by atoms with van der Waals surface area (Å²) in [7, 11) is 0. The molecule has 0 spiro atoms. The van der Waals surface area contributed by atoms with Crippen molar-refractivity contribution in [3.63, 3.8) is 0 Å². The summed E-state index contributed by atoms with van der Waals surface area (Å²) >= 11 is 0. The maximum Gasteiger partial charge on any atom is 0.314 e. The minimum absolute atomic E-state index is 0.164. The maximum atomic E-state index is 11.7. The van der Waals surface area contributed by atoms with E-state index in [2.05, 4.69) is 0 Å². The molecule has 2 atom stereocenters. The molecule has 0 aromatic rings. The fourth-order valence-corrected chi connectivity index (χ4v) is 1.52. The van der Waals surface area contributed by atoms with Crippen LogP contribution in [0.2, 0.25) is 0 Å².